The lowest BCUT2D eigenvalue weighted by Crippen LogP contribution is -2.30. The van der Waals surface area contributed by atoms with Crippen LogP contribution in [-0.4, -0.2) is 13.4 Å². The summed E-state index contributed by atoms with van der Waals surface area (Å²) in [6.07, 6.45) is 21.5. The Morgan fingerprint density at radius 2 is 1.20 bits per heavy atom. The minimum Gasteiger partial charge on any atom is -0.296 e. The van der Waals surface area contributed by atoms with E-state index in [2.05, 4.69) is 211 Å². The molecule has 332 valence electrons. The first kappa shape index (κ1) is 53.5. The Bertz CT molecular complexity index is 2330. The van der Waals surface area contributed by atoms with Crippen molar-refractivity contribution in [3.05, 3.63) is 247 Å². The third-order valence-corrected chi connectivity index (χ3v) is 10.7. The summed E-state index contributed by atoms with van der Waals surface area (Å²) in [6, 6.07) is 45.7. The monoisotopic (exact) mass is 847 g/mol. The molecule has 2 heteroatoms. The molecule has 2 nitrogen and oxygen atoms in total. The van der Waals surface area contributed by atoms with Crippen LogP contribution in [0.4, 0.5) is 0 Å². The summed E-state index contributed by atoms with van der Waals surface area (Å²) in [6.45, 7) is 36.5. The van der Waals surface area contributed by atoms with E-state index < -0.39 is 0 Å². The predicted molar refractivity (Wildman–Crippen MR) is 289 cm³/mol. The maximum absolute atomic E-state index is 4.01. The fourth-order valence-electron chi connectivity index (χ4n) is 7.85. The van der Waals surface area contributed by atoms with Crippen molar-refractivity contribution >= 4 is 19.0 Å². The Morgan fingerprint density at radius 1 is 0.656 bits per heavy atom. The van der Waals surface area contributed by atoms with E-state index in [-0.39, 0.29) is 5.41 Å². The van der Waals surface area contributed by atoms with Crippen LogP contribution in [0.25, 0.3) is 27.8 Å². The molecule has 0 radical (unpaired) electrons. The van der Waals surface area contributed by atoms with Crippen molar-refractivity contribution in [2.45, 2.75) is 92.7 Å². The predicted octanol–water partition coefficient (Wildman–Crippen LogP) is 18.0. The molecule has 0 bridgehead atoms. The molecule has 0 aliphatic heterocycles. The van der Waals surface area contributed by atoms with Crippen LogP contribution in [0.5, 0.6) is 0 Å². The summed E-state index contributed by atoms with van der Waals surface area (Å²) in [5.41, 5.74) is 16.4. The second-order valence-electron chi connectivity index (χ2n) is 14.7. The first-order chi connectivity index (χ1) is 31.4. The minimum atomic E-state index is -0.326. The molecule has 0 N–H and O–H groups in total. The number of allylic oxidation sites excluding steroid dienone is 12. The second-order valence-corrected chi connectivity index (χ2v) is 14.7. The molecule has 1 unspecified atom stereocenters. The zero-order valence-electron chi connectivity index (χ0n) is 40.1. The first-order valence-corrected chi connectivity index (χ1v) is 22.8. The second kappa shape index (κ2) is 30.4. The molecule has 64 heavy (non-hydrogen) atoms. The molecule has 0 spiro atoms. The van der Waals surface area contributed by atoms with Gasteiger partial charge in [0, 0.05) is 0 Å². The van der Waals surface area contributed by atoms with Crippen molar-refractivity contribution in [3.8, 4) is 22.3 Å². The summed E-state index contributed by atoms with van der Waals surface area (Å²) in [5.74, 6) is 0. The van der Waals surface area contributed by atoms with Crippen LogP contribution in [0.3, 0.4) is 0 Å². The van der Waals surface area contributed by atoms with E-state index >= 15 is 0 Å². The van der Waals surface area contributed by atoms with Gasteiger partial charge in [-0.3, -0.25) is 9.98 Å². The highest BCUT2D eigenvalue weighted by molar-refractivity contribution is 5.93. The van der Waals surface area contributed by atoms with Gasteiger partial charge in [-0.15, -0.1) is 13.2 Å². The van der Waals surface area contributed by atoms with Gasteiger partial charge in [0.1, 0.15) is 0 Å². The van der Waals surface area contributed by atoms with Gasteiger partial charge in [0.05, 0.1) is 18.5 Å². The summed E-state index contributed by atoms with van der Waals surface area (Å²) < 4.78 is 0. The normalized spacial score (nSPS) is 14.4. The Kier molecular flexibility index (Phi) is 25.4. The first-order valence-electron chi connectivity index (χ1n) is 22.8. The average Bonchev–Trinajstić information content (AvgIpc) is 3.65. The van der Waals surface area contributed by atoms with Gasteiger partial charge >= 0.3 is 0 Å². The maximum Gasteiger partial charge on any atom is 0.0673 e. The van der Waals surface area contributed by atoms with Crippen molar-refractivity contribution in [3.63, 3.8) is 0 Å². The summed E-state index contributed by atoms with van der Waals surface area (Å²) in [5, 5.41) is 0. The molecule has 0 amide bonds. The van der Waals surface area contributed by atoms with Crippen LogP contribution in [0, 0.1) is 0 Å². The molecule has 1 atom stereocenters. The average molecular weight is 847 g/mol. The lowest BCUT2D eigenvalue weighted by atomic mass is 9.65. The smallest absolute Gasteiger partial charge is 0.0673 e. The molecule has 5 aromatic rings. The van der Waals surface area contributed by atoms with Crippen molar-refractivity contribution in [1.82, 2.24) is 0 Å². The van der Waals surface area contributed by atoms with E-state index in [1.807, 2.05) is 63.3 Å². The summed E-state index contributed by atoms with van der Waals surface area (Å²) in [7, 11) is 0. The van der Waals surface area contributed by atoms with Crippen LogP contribution in [0.15, 0.2) is 229 Å². The molecule has 0 aromatic heterocycles. The van der Waals surface area contributed by atoms with Gasteiger partial charge in [-0.25, -0.2) is 0 Å². The highest BCUT2D eigenvalue weighted by atomic mass is 14.7. The number of fused-ring (bicyclic) bond motifs is 2. The van der Waals surface area contributed by atoms with E-state index in [0.29, 0.717) is 6.54 Å². The zero-order chi connectivity index (χ0) is 47.2. The number of nitrogens with zero attached hydrogens (tertiary/aromatic N) is 2. The van der Waals surface area contributed by atoms with Gasteiger partial charge in [0.25, 0.3) is 0 Å². The minimum absolute atomic E-state index is 0.326. The maximum atomic E-state index is 4.01. The Labute approximate surface area is 389 Å². The number of aliphatic imine (C=N–C) groups is 2. The van der Waals surface area contributed by atoms with E-state index in [4.69, 9.17) is 0 Å². The van der Waals surface area contributed by atoms with Crippen molar-refractivity contribution in [2.75, 3.05) is 0 Å². The SMILES string of the molecule is C=C.C=C/C(=C\C)CC.C=C/C=C\C(=C/C)C1(c2ccccc2)C2=C(C=CCC2)c2cc(-c3cccc(-c4ccc(CN=C)cc4)c3)ccc21.C=NCc1ccccc1.CC.CCC. The Balaban J connectivity index is 0.000000506. The van der Waals surface area contributed by atoms with Gasteiger partial charge in [-0.05, 0) is 125 Å². The molecule has 0 heterocycles. The van der Waals surface area contributed by atoms with Gasteiger partial charge in [0.15, 0.2) is 0 Å². The van der Waals surface area contributed by atoms with Gasteiger partial charge in [-0.1, -0.05) is 224 Å². The highest BCUT2D eigenvalue weighted by Gasteiger charge is 2.47. The molecule has 2 aliphatic rings. The molecule has 0 saturated heterocycles. The molecular weight excluding hydrogens is 773 g/mol. The van der Waals surface area contributed by atoms with E-state index in [1.54, 1.807) is 0 Å². The Hall–Kier alpha value is -6.64. The van der Waals surface area contributed by atoms with Crippen LogP contribution in [0.1, 0.15) is 102 Å². The van der Waals surface area contributed by atoms with Gasteiger partial charge in [-0.2, -0.15) is 0 Å². The topological polar surface area (TPSA) is 24.7 Å². The van der Waals surface area contributed by atoms with Crippen LogP contribution in [-0.2, 0) is 18.5 Å². The summed E-state index contributed by atoms with van der Waals surface area (Å²) in [4.78, 5) is 7.77. The molecular formula is C62H74N2. The van der Waals surface area contributed by atoms with Gasteiger partial charge < -0.3 is 0 Å². The quantitative estimate of drug-likeness (QED) is 0.0679. The van der Waals surface area contributed by atoms with E-state index in [9.17, 15) is 0 Å². The number of hydrogen-bond acceptors (Lipinski definition) is 2. The molecule has 5 aromatic carbocycles. The number of rotatable bonds is 12. The van der Waals surface area contributed by atoms with E-state index in [0.717, 1.165) is 25.8 Å². The van der Waals surface area contributed by atoms with Crippen molar-refractivity contribution in [1.29, 1.82) is 0 Å². The van der Waals surface area contributed by atoms with Crippen molar-refractivity contribution < 1.29 is 0 Å². The lowest BCUT2D eigenvalue weighted by Gasteiger charge is -2.37. The largest absolute Gasteiger partial charge is 0.296 e. The fraction of sp³-hybridized carbons (Fsp3) is 0.226. The molecule has 0 fully saturated rings. The summed E-state index contributed by atoms with van der Waals surface area (Å²) >= 11 is 0. The fourth-order valence-corrected chi connectivity index (χ4v) is 7.85. The van der Waals surface area contributed by atoms with Crippen LogP contribution in [0.2, 0.25) is 0 Å². The lowest BCUT2D eigenvalue weighted by molar-refractivity contribution is 0.694. The van der Waals surface area contributed by atoms with Crippen LogP contribution < -0.4 is 0 Å². The van der Waals surface area contributed by atoms with Crippen molar-refractivity contribution in [2.24, 2.45) is 9.98 Å². The highest BCUT2D eigenvalue weighted by Crippen LogP contribution is 2.58. The van der Waals surface area contributed by atoms with Crippen LogP contribution >= 0.6 is 0 Å². The molecule has 0 saturated carbocycles. The third-order valence-electron chi connectivity index (χ3n) is 10.7. The standard InChI is InChI=1S/C40H35N.C8H9N.C7H12.C3H8.C2H6.C2H4/c1-4-6-15-34(5-2)40(35-16-8-7-9-17-35)38-19-11-10-18-36(38)37-27-33(24-25-39(37)40)32-14-12-13-31(26-32)30-22-20-29(21-23-30)28-41-3;1-9-7-8-5-3-2-4-6-8;1-4-7(5-2)6-3;1-3-2;2*1-2/h4-10,12-18,20-27H,1,3,11,19,28H2,2H3;2-6H,1,7H2;4-5H,1,6H2,2-3H3;3H2,1-2H3;1-2H3;1-2H2/b15-6-,34-5+;;7-5+;;;. The number of benzene rings is 5. The number of hydrogen-bond donors (Lipinski definition) is 0. The van der Waals surface area contributed by atoms with Gasteiger partial charge in [0.2, 0.25) is 0 Å². The van der Waals surface area contributed by atoms with E-state index in [1.165, 1.54) is 78.8 Å². The zero-order valence-corrected chi connectivity index (χ0v) is 40.1. The third kappa shape index (κ3) is 14.2. The molecule has 2 aliphatic carbocycles. The molecule has 7 rings (SSSR count). The Morgan fingerprint density at radius 3 is 1.72 bits per heavy atom.